The molecule has 5 rings (SSSR count). The van der Waals surface area contributed by atoms with Crippen molar-refractivity contribution in [3.8, 4) is 23.3 Å². The lowest BCUT2D eigenvalue weighted by Crippen LogP contribution is -2.25. The monoisotopic (exact) mass is 672 g/mol. The van der Waals surface area contributed by atoms with Crippen LogP contribution in [-0.2, 0) is 13.1 Å². The SMILES string of the molecule is CCCCOc1nc(N(Cc2ccc(OC)cc2)Cc2ccc(OC)cc2)c2ncc(C(O)c3ccc(F)c(OCCCN(C)C)c3)n2n1. The molecule has 0 saturated heterocycles. The average Bonchev–Trinajstić information content (AvgIpc) is 3.54. The van der Waals surface area contributed by atoms with Gasteiger partial charge in [0.15, 0.2) is 23.0 Å². The molecule has 0 spiro atoms. The molecule has 12 heteroatoms. The first-order valence-electron chi connectivity index (χ1n) is 16.4. The third-order valence-electron chi connectivity index (χ3n) is 8.00. The zero-order valence-corrected chi connectivity index (χ0v) is 28.8. The Bertz CT molecular complexity index is 1730. The van der Waals surface area contributed by atoms with Gasteiger partial charge in [0.25, 0.3) is 0 Å². The second kappa shape index (κ2) is 16.9. The van der Waals surface area contributed by atoms with Crippen LogP contribution in [0.25, 0.3) is 5.65 Å². The highest BCUT2D eigenvalue weighted by molar-refractivity contribution is 5.65. The predicted octanol–water partition coefficient (Wildman–Crippen LogP) is 6.08. The number of imidazole rings is 1. The maximum absolute atomic E-state index is 14.7. The molecule has 0 aliphatic rings. The molecule has 11 nitrogen and oxygen atoms in total. The number of methoxy groups -OCH3 is 2. The van der Waals surface area contributed by atoms with E-state index in [4.69, 9.17) is 28.9 Å². The van der Waals surface area contributed by atoms with E-state index in [2.05, 4.69) is 16.9 Å². The van der Waals surface area contributed by atoms with Crippen LogP contribution in [0.3, 0.4) is 0 Å². The van der Waals surface area contributed by atoms with Gasteiger partial charge in [0, 0.05) is 19.6 Å². The summed E-state index contributed by atoms with van der Waals surface area (Å²) in [4.78, 5) is 13.7. The molecular weight excluding hydrogens is 627 g/mol. The summed E-state index contributed by atoms with van der Waals surface area (Å²) in [5, 5.41) is 16.3. The summed E-state index contributed by atoms with van der Waals surface area (Å²) in [5.41, 5.74) is 3.29. The molecule has 2 aromatic heterocycles. The van der Waals surface area contributed by atoms with Gasteiger partial charge in [-0.3, -0.25) is 0 Å². The Morgan fingerprint density at radius 1 is 0.857 bits per heavy atom. The number of rotatable bonds is 18. The normalized spacial score (nSPS) is 11.9. The highest BCUT2D eigenvalue weighted by Crippen LogP contribution is 2.31. The number of anilines is 1. The Morgan fingerprint density at radius 3 is 2.08 bits per heavy atom. The first-order chi connectivity index (χ1) is 23.8. The minimum atomic E-state index is -1.19. The lowest BCUT2D eigenvalue weighted by atomic mass is 10.1. The van der Waals surface area contributed by atoms with Crippen LogP contribution in [-0.4, -0.2) is 77.7 Å². The van der Waals surface area contributed by atoms with Crippen molar-refractivity contribution in [1.82, 2.24) is 24.5 Å². The van der Waals surface area contributed by atoms with Crippen molar-refractivity contribution in [1.29, 1.82) is 0 Å². The molecule has 2 heterocycles. The quantitative estimate of drug-likeness (QED) is 0.110. The van der Waals surface area contributed by atoms with Crippen LogP contribution in [0.2, 0.25) is 0 Å². The molecule has 0 amide bonds. The zero-order valence-electron chi connectivity index (χ0n) is 28.8. The van der Waals surface area contributed by atoms with E-state index in [0.717, 1.165) is 48.4 Å². The molecule has 0 saturated carbocycles. The maximum atomic E-state index is 14.7. The second-order valence-corrected chi connectivity index (χ2v) is 12.0. The topological polar surface area (TPSA) is 107 Å². The van der Waals surface area contributed by atoms with Crippen molar-refractivity contribution < 1.29 is 28.4 Å². The lowest BCUT2D eigenvalue weighted by Gasteiger charge is -2.25. The average molecular weight is 673 g/mol. The molecule has 0 aliphatic heterocycles. The van der Waals surface area contributed by atoms with Gasteiger partial charge in [0.1, 0.15) is 17.6 Å². The highest BCUT2D eigenvalue weighted by atomic mass is 19.1. The van der Waals surface area contributed by atoms with Crippen molar-refractivity contribution >= 4 is 11.5 Å². The molecule has 1 N–H and O–H groups in total. The molecular formula is C37H45FN6O5. The zero-order chi connectivity index (χ0) is 34.8. The number of ether oxygens (including phenoxy) is 4. The summed E-state index contributed by atoms with van der Waals surface area (Å²) in [7, 11) is 7.22. The molecule has 5 aromatic rings. The molecule has 1 atom stereocenters. The predicted molar refractivity (Wildman–Crippen MR) is 186 cm³/mol. The van der Waals surface area contributed by atoms with E-state index in [1.807, 2.05) is 67.5 Å². The van der Waals surface area contributed by atoms with Gasteiger partial charge in [-0.15, -0.1) is 5.10 Å². The van der Waals surface area contributed by atoms with Crippen molar-refractivity contribution in [3.63, 3.8) is 0 Å². The fourth-order valence-corrected chi connectivity index (χ4v) is 5.28. The van der Waals surface area contributed by atoms with E-state index in [0.29, 0.717) is 49.0 Å². The lowest BCUT2D eigenvalue weighted by molar-refractivity contribution is 0.210. The summed E-state index contributed by atoms with van der Waals surface area (Å²) >= 11 is 0. The standard InChI is InChI=1S/C37H45FN6O5/c1-6-7-20-49-37-40-36(43(24-26-9-14-29(46-4)15-10-26)25-27-11-16-30(47-5)17-12-27)35-39-23-32(44(35)41-37)34(45)28-13-18-31(38)33(22-28)48-21-8-19-42(2)3/h9-18,22-23,34,45H,6-8,19-21,24-25H2,1-5H3. The van der Waals surface area contributed by atoms with Crippen LogP contribution in [0.1, 0.15) is 54.7 Å². The van der Waals surface area contributed by atoms with Crippen molar-refractivity contribution in [2.75, 3.05) is 53.0 Å². The van der Waals surface area contributed by atoms with Crippen molar-refractivity contribution in [2.45, 2.75) is 45.4 Å². The van der Waals surface area contributed by atoms with Crippen LogP contribution in [0.15, 0.2) is 72.9 Å². The smallest absolute Gasteiger partial charge is 0.336 e. The minimum absolute atomic E-state index is 0.0770. The number of halogens is 1. The maximum Gasteiger partial charge on any atom is 0.336 e. The largest absolute Gasteiger partial charge is 0.497 e. The molecule has 0 radical (unpaired) electrons. The minimum Gasteiger partial charge on any atom is -0.497 e. The van der Waals surface area contributed by atoms with Gasteiger partial charge in [-0.05, 0) is 80.0 Å². The molecule has 0 fully saturated rings. The number of aromatic nitrogens is 4. The van der Waals surface area contributed by atoms with E-state index < -0.39 is 11.9 Å². The van der Waals surface area contributed by atoms with Gasteiger partial charge in [-0.25, -0.2) is 13.9 Å². The van der Waals surface area contributed by atoms with E-state index in [-0.39, 0.29) is 11.8 Å². The van der Waals surface area contributed by atoms with Crippen LogP contribution in [0, 0.1) is 5.82 Å². The van der Waals surface area contributed by atoms with Crippen LogP contribution in [0.4, 0.5) is 10.2 Å². The van der Waals surface area contributed by atoms with E-state index >= 15 is 0 Å². The van der Waals surface area contributed by atoms with E-state index in [1.54, 1.807) is 24.9 Å². The van der Waals surface area contributed by atoms with Gasteiger partial charge >= 0.3 is 6.01 Å². The Labute approximate surface area is 286 Å². The van der Waals surface area contributed by atoms with Gasteiger partial charge < -0.3 is 33.9 Å². The Kier molecular flexibility index (Phi) is 12.2. The van der Waals surface area contributed by atoms with Crippen molar-refractivity contribution in [3.05, 3.63) is 101 Å². The number of benzene rings is 3. The van der Waals surface area contributed by atoms with Crippen LogP contribution in [0.5, 0.6) is 23.3 Å². The summed E-state index contributed by atoms with van der Waals surface area (Å²) in [6.45, 7) is 4.62. The summed E-state index contributed by atoms with van der Waals surface area (Å²) in [5.74, 6) is 1.62. The number of aliphatic hydroxyl groups is 1. The van der Waals surface area contributed by atoms with Gasteiger partial charge in [0.05, 0.1) is 39.3 Å². The van der Waals surface area contributed by atoms with E-state index in [9.17, 15) is 9.50 Å². The van der Waals surface area contributed by atoms with Gasteiger partial charge in [0.2, 0.25) is 0 Å². The third kappa shape index (κ3) is 9.15. The third-order valence-corrected chi connectivity index (χ3v) is 8.00. The molecule has 3 aromatic carbocycles. The van der Waals surface area contributed by atoms with Gasteiger partial charge in [-0.1, -0.05) is 43.7 Å². The Balaban J connectivity index is 1.54. The van der Waals surface area contributed by atoms with E-state index in [1.165, 1.54) is 18.2 Å². The molecule has 0 aliphatic carbocycles. The highest BCUT2D eigenvalue weighted by Gasteiger charge is 2.24. The number of hydrogen-bond donors (Lipinski definition) is 1. The number of fused-ring (bicyclic) bond motifs is 1. The number of nitrogens with zero attached hydrogens (tertiary/aromatic N) is 6. The molecule has 0 bridgehead atoms. The number of unbranched alkanes of at least 4 members (excludes halogenated alkanes) is 1. The fourth-order valence-electron chi connectivity index (χ4n) is 5.28. The second-order valence-electron chi connectivity index (χ2n) is 12.0. The Hall–Kier alpha value is -4.94. The van der Waals surface area contributed by atoms with Crippen LogP contribution >= 0.6 is 0 Å². The van der Waals surface area contributed by atoms with Gasteiger partial charge in [-0.2, -0.15) is 4.98 Å². The number of hydrogen-bond acceptors (Lipinski definition) is 10. The fraction of sp³-hybridized carbons (Fsp3) is 0.378. The summed E-state index contributed by atoms with van der Waals surface area (Å²) < 4.78 is 38.8. The first kappa shape index (κ1) is 35.4. The number of aliphatic hydroxyl groups excluding tert-OH is 1. The Morgan fingerprint density at radius 2 is 1.49 bits per heavy atom. The summed E-state index contributed by atoms with van der Waals surface area (Å²) in [6.07, 6.45) is 2.87. The van der Waals surface area contributed by atoms with Crippen LogP contribution < -0.4 is 23.8 Å². The molecule has 260 valence electrons. The summed E-state index contributed by atoms with van der Waals surface area (Å²) in [6, 6.07) is 20.2. The molecule has 49 heavy (non-hydrogen) atoms. The molecule has 1 unspecified atom stereocenters. The first-order valence-corrected chi connectivity index (χ1v) is 16.4. The van der Waals surface area contributed by atoms with Crippen molar-refractivity contribution in [2.24, 2.45) is 0 Å².